The number of hydrogen-bond acceptors (Lipinski definition) is 7. The van der Waals surface area contributed by atoms with Crippen LogP contribution in [-0.2, 0) is 14.9 Å². The van der Waals surface area contributed by atoms with Crippen molar-refractivity contribution in [2.75, 3.05) is 13.2 Å². The fourth-order valence-electron chi connectivity index (χ4n) is 3.09. The number of nitrogens with zero attached hydrogens (tertiary/aromatic N) is 1. The van der Waals surface area contributed by atoms with Crippen LogP contribution in [0.15, 0.2) is 82.6 Å². The van der Waals surface area contributed by atoms with Crippen LogP contribution in [0.3, 0.4) is 0 Å². The zero-order valence-electron chi connectivity index (χ0n) is 17.9. The van der Waals surface area contributed by atoms with Crippen molar-refractivity contribution >= 4 is 62.3 Å². The van der Waals surface area contributed by atoms with Crippen LogP contribution >= 0.6 is 35.0 Å². The third-order valence-electron chi connectivity index (χ3n) is 4.75. The average Bonchev–Trinajstić information content (AvgIpc) is 3.08. The van der Waals surface area contributed by atoms with E-state index in [4.69, 9.17) is 32.1 Å². The van der Waals surface area contributed by atoms with Crippen molar-refractivity contribution in [3.8, 4) is 11.5 Å². The largest absolute Gasteiger partial charge is 0.490 e. The highest BCUT2D eigenvalue weighted by Crippen LogP contribution is 2.33. The third-order valence-corrected chi connectivity index (χ3v) is 7.48. The first-order chi connectivity index (χ1) is 16.7. The molecule has 35 heavy (non-hydrogen) atoms. The fourth-order valence-corrected chi connectivity index (χ4v) is 5.19. The first kappa shape index (κ1) is 25.1. The predicted molar refractivity (Wildman–Crippen MR) is 135 cm³/mol. The molecule has 2 amide bonds. The summed E-state index contributed by atoms with van der Waals surface area (Å²) in [6.07, 6.45) is 1.50. The van der Waals surface area contributed by atoms with Crippen LogP contribution in [0, 0.1) is 0 Å². The van der Waals surface area contributed by atoms with Gasteiger partial charge in [-0.2, -0.15) is 8.42 Å². The van der Waals surface area contributed by atoms with Gasteiger partial charge in [-0.15, -0.1) is 0 Å². The third kappa shape index (κ3) is 6.18. The lowest BCUT2D eigenvalue weighted by Gasteiger charge is -2.13. The zero-order valence-corrected chi connectivity index (χ0v) is 21.0. The highest BCUT2D eigenvalue weighted by Gasteiger charge is 2.34. The summed E-state index contributed by atoms with van der Waals surface area (Å²) in [6, 6.07) is 18.7. The van der Waals surface area contributed by atoms with E-state index in [-0.39, 0.29) is 28.7 Å². The van der Waals surface area contributed by atoms with Crippen LogP contribution in [-0.4, -0.2) is 37.6 Å². The van der Waals surface area contributed by atoms with Crippen LogP contribution in [0.1, 0.15) is 5.56 Å². The highest BCUT2D eigenvalue weighted by molar-refractivity contribution is 8.18. The van der Waals surface area contributed by atoms with Crippen molar-refractivity contribution in [3.63, 3.8) is 0 Å². The van der Waals surface area contributed by atoms with Gasteiger partial charge in [-0.3, -0.25) is 14.5 Å². The van der Waals surface area contributed by atoms with E-state index in [1.807, 2.05) is 0 Å². The van der Waals surface area contributed by atoms with Crippen molar-refractivity contribution < 1.29 is 26.9 Å². The Balaban J connectivity index is 1.43. The van der Waals surface area contributed by atoms with Gasteiger partial charge in [0.25, 0.3) is 11.1 Å². The number of thioether (sulfide) groups is 1. The van der Waals surface area contributed by atoms with E-state index in [1.54, 1.807) is 36.4 Å². The van der Waals surface area contributed by atoms with Gasteiger partial charge in [0.15, 0.2) is 0 Å². The van der Waals surface area contributed by atoms with E-state index in [9.17, 15) is 18.0 Å². The zero-order chi connectivity index (χ0) is 25.0. The van der Waals surface area contributed by atoms with E-state index in [2.05, 4.69) is 0 Å². The Morgan fingerprint density at radius 1 is 0.943 bits per heavy atom. The summed E-state index contributed by atoms with van der Waals surface area (Å²) in [5.41, 5.74) is 0.492. The van der Waals surface area contributed by atoms with Gasteiger partial charge in [0.1, 0.15) is 23.0 Å². The van der Waals surface area contributed by atoms with Gasteiger partial charge in [0.05, 0.1) is 16.5 Å². The monoisotopic (exact) mass is 549 g/mol. The molecule has 3 aromatic rings. The highest BCUT2D eigenvalue weighted by atomic mass is 35.5. The van der Waals surface area contributed by atoms with Crippen molar-refractivity contribution in [2.45, 2.75) is 4.90 Å². The molecule has 180 valence electrons. The van der Waals surface area contributed by atoms with Gasteiger partial charge in [0, 0.05) is 5.02 Å². The van der Waals surface area contributed by atoms with Crippen LogP contribution in [0.5, 0.6) is 11.5 Å². The molecule has 1 aliphatic heterocycles. The molecule has 1 fully saturated rings. The van der Waals surface area contributed by atoms with Crippen LogP contribution < -0.4 is 8.92 Å². The quantitative estimate of drug-likeness (QED) is 0.256. The van der Waals surface area contributed by atoms with Crippen LogP contribution in [0.25, 0.3) is 6.08 Å². The molecule has 0 unspecified atom stereocenters. The molecule has 11 heteroatoms. The minimum absolute atomic E-state index is 0.0487. The Hall–Kier alpha value is -2.98. The number of para-hydroxylation sites is 1. The number of imide groups is 1. The summed E-state index contributed by atoms with van der Waals surface area (Å²) in [5, 5.41) is 0.402. The molecule has 0 aliphatic carbocycles. The molecule has 0 bridgehead atoms. The Bertz CT molecular complexity index is 1410. The number of carbonyl (C=O) groups is 2. The molecule has 0 radical (unpaired) electrons. The van der Waals surface area contributed by atoms with Gasteiger partial charge < -0.3 is 8.92 Å². The molecule has 1 heterocycles. The molecule has 0 spiro atoms. The summed E-state index contributed by atoms with van der Waals surface area (Å²) in [4.78, 5) is 26.3. The van der Waals surface area contributed by atoms with Crippen LogP contribution in [0.2, 0.25) is 10.0 Å². The topological polar surface area (TPSA) is 90.0 Å². The lowest BCUT2D eigenvalue weighted by molar-refractivity contribution is -0.123. The van der Waals surface area contributed by atoms with E-state index in [1.165, 1.54) is 42.5 Å². The van der Waals surface area contributed by atoms with Gasteiger partial charge in [0.2, 0.25) is 0 Å². The Kier molecular flexibility index (Phi) is 7.71. The summed E-state index contributed by atoms with van der Waals surface area (Å²) in [6.45, 7) is 0.136. The summed E-state index contributed by atoms with van der Waals surface area (Å²) in [5.74, 6) is 0.0472. The molecule has 7 nitrogen and oxygen atoms in total. The second-order valence-corrected chi connectivity index (χ2v) is 10.6. The first-order valence-corrected chi connectivity index (χ1v) is 13.1. The summed E-state index contributed by atoms with van der Waals surface area (Å²) < 4.78 is 35.8. The predicted octanol–water partition coefficient (Wildman–Crippen LogP) is 5.88. The second-order valence-electron chi connectivity index (χ2n) is 7.18. The van der Waals surface area contributed by atoms with Gasteiger partial charge >= 0.3 is 10.1 Å². The number of benzene rings is 3. The van der Waals surface area contributed by atoms with Crippen molar-refractivity contribution in [2.24, 2.45) is 0 Å². The van der Waals surface area contributed by atoms with E-state index >= 15 is 0 Å². The van der Waals surface area contributed by atoms with E-state index < -0.39 is 21.3 Å². The Morgan fingerprint density at radius 2 is 1.69 bits per heavy atom. The second kappa shape index (κ2) is 10.7. The fraction of sp³-hybridized carbons (Fsp3) is 0.0833. The van der Waals surface area contributed by atoms with Gasteiger partial charge in [-0.1, -0.05) is 47.5 Å². The summed E-state index contributed by atoms with van der Waals surface area (Å²) in [7, 11) is -4.08. The number of hydrogen-bond donors (Lipinski definition) is 0. The minimum atomic E-state index is -4.08. The SMILES string of the molecule is O=C1S/C(=C\c2cccc(OS(=O)(=O)c3ccc(Cl)cc3)c2)C(=O)N1CCOc1ccccc1Cl. The van der Waals surface area contributed by atoms with Crippen LogP contribution in [0.4, 0.5) is 4.79 Å². The van der Waals surface area contributed by atoms with Gasteiger partial charge in [-0.25, -0.2) is 0 Å². The molecule has 1 saturated heterocycles. The number of rotatable bonds is 8. The maximum absolute atomic E-state index is 12.8. The normalized spacial score (nSPS) is 15.0. The molecule has 0 aromatic heterocycles. The Morgan fingerprint density at radius 3 is 2.43 bits per heavy atom. The smallest absolute Gasteiger partial charge is 0.339 e. The van der Waals surface area contributed by atoms with Gasteiger partial charge in [-0.05, 0) is 71.9 Å². The molecular weight excluding hydrogens is 533 g/mol. The molecule has 3 aromatic carbocycles. The van der Waals surface area contributed by atoms with Crippen molar-refractivity contribution in [1.29, 1.82) is 0 Å². The standard InChI is InChI=1S/C24H17Cl2NO6S2/c25-17-8-10-19(11-9-17)35(30,31)33-18-5-3-4-16(14-18)15-22-23(28)27(24(29)34-22)12-13-32-21-7-2-1-6-20(21)26/h1-11,14-15H,12-13H2/b22-15-. The van der Waals surface area contributed by atoms with E-state index in [0.717, 1.165) is 16.7 Å². The average molecular weight is 550 g/mol. The lowest BCUT2D eigenvalue weighted by Crippen LogP contribution is -2.32. The minimum Gasteiger partial charge on any atom is -0.490 e. The molecule has 0 atom stereocenters. The van der Waals surface area contributed by atoms with E-state index in [0.29, 0.717) is 21.4 Å². The maximum atomic E-state index is 12.8. The summed E-state index contributed by atoms with van der Waals surface area (Å²) >= 11 is 12.6. The number of ether oxygens (including phenoxy) is 1. The molecule has 1 aliphatic rings. The lowest BCUT2D eigenvalue weighted by atomic mass is 10.2. The Labute approximate surface area is 216 Å². The first-order valence-electron chi connectivity index (χ1n) is 10.2. The molecular formula is C24H17Cl2NO6S2. The molecule has 0 N–H and O–H groups in total. The number of carbonyl (C=O) groups excluding carboxylic acids is 2. The molecule has 0 saturated carbocycles. The van der Waals surface area contributed by atoms with Crippen molar-refractivity contribution in [3.05, 3.63) is 93.3 Å². The maximum Gasteiger partial charge on any atom is 0.339 e. The molecule has 4 rings (SSSR count). The number of amides is 2. The van der Waals surface area contributed by atoms with Crippen molar-refractivity contribution in [1.82, 2.24) is 4.90 Å². The number of halogens is 2.